The van der Waals surface area contributed by atoms with Crippen LogP contribution < -0.4 is 9.52 Å². The average molecular weight is 490 g/mol. The number of anilines is 1. The van der Waals surface area contributed by atoms with Gasteiger partial charge < -0.3 is 4.57 Å². The van der Waals surface area contributed by atoms with Crippen LogP contribution in [0.25, 0.3) is 10.2 Å². The molecule has 0 saturated heterocycles. The molecule has 0 aliphatic rings. The van der Waals surface area contributed by atoms with Gasteiger partial charge in [-0.1, -0.05) is 29.0 Å². The van der Waals surface area contributed by atoms with Gasteiger partial charge in [0.25, 0.3) is 15.9 Å². The van der Waals surface area contributed by atoms with Crippen LogP contribution in [0.1, 0.15) is 15.9 Å². The van der Waals surface area contributed by atoms with Gasteiger partial charge in [0, 0.05) is 18.3 Å². The van der Waals surface area contributed by atoms with Crippen LogP contribution in [0.15, 0.2) is 70.6 Å². The van der Waals surface area contributed by atoms with Crippen LogP contribution in [0, 0.1) is 12.7 Å². The molecule has 0 bridgehead atoms. The number of sulfonamides is 1. The van der Waals surface area contributed by atoms with E-state index < -0.39 is 21.7 Å². The van der Waals surface area contributed by atoms with Crippen molar-refractivity contribution in [3.05, 3.63) is 87.4 Å². The number of aryl methyl sites for hydroxylation is 2. The zero-order valence-electron chi connectivity index (χ0n) is 17.0. The van der Waals surface area contributed by atoms with E-state index in [0.717, 1.165) is 27.9 Å². The van der Waals surface area contributed by atoms with Gasteiger partial charge in [-0.05, 0) is 67.1 Å². The first-order valence-electron chi connectivity index (χ1n) is 9.38. The monoisotopic (exact) mass is 489 g/mol. The Hall–Kier alpha value is -3.01. The van der Waals surface area contributed by atoms with Crippen LogP contribution >= 0.6 is 22.9 Å². The van der Waals surface area contributed by atoms with E-state index >= 15 is 0 Å². The first-order valence-corrected chi connectivity index (χ1v) is 12.1. The molecule has 0 aliphatic carbocycles. The van der Waals surface area contributed by atoms with Crippen LogP contribution in [-0.2, 0) is 17.1 Å². The maximum atomic E-state index is 13.0. The Bertz CT molecular complexity index is 1510. The van der Waals surface area contributed by atoms with Gasteiger partial charge in [0.2, 0.25) is 0 Å². The minimum absolute atomic E-state index is 0.0692. The van der Waals surface area contributed by atoms with Crippen LogP contribution in [0.2, 0.25) is 5.02 Å². The number of fused-ring (bicyclic) bond motifs is 1. The zero-order chi connectivity index (χ0) is 23.0. The van der Waals surface area contributed by atoms with Crippen LogP contribution in [-0.4, -0.2) is 18.9 Å². The highest BCUT2D eigenvalue weighted by Crippen LogP contribution is 2.28. The van der Waals surface area contributed by atoms with E-state index in [9.17, 15) is 17.6 Å². The highest BCUT2D eigenvalue weighted by molar-refractivity contribution is 7.92. The second-order valence-electron chi connectivity index (χ2n) is 7.04. The van der Waals surface area contributed by atoms with Crippen molar-refractivity contribution in [2.75, 3.05) is 4.72 Å². The first-order chi connectivity index (χ1) is 15.2. The van der Waals surface area contributed by atoms with Crippen LogP contribution in [0.5, 0.6) is 0 Å². The number of hydrogen-bond donors (Lipinski definition) is 1. The average Bonchev–Trinajstić information content (AvgIpc) is 3.08. The number of nitrogens with zero attached hydrogens (tertiary/aromatic N) is 2. The van der Waals surface area contributed by atoms with Crippen molar-refractivity contribution in [2.24, 2.45) is 12.0 Å². The van der Waals surface area contributed by atoms with E-state index in [1.165, 1.54) is 47.7 Å². The van der Waals surface area contributed by atoms with Crippen molar-refractivity contribution in [1.29, 1.82) is 0 Å². The number of rotatable bonds is 4. The number of carbonyl (C=O) groups excluding carboxylic acids is 1. The van der Waals surface area contributed by atoms with Gasteiger partial charge in [-0.3, -0.25) is 9.52 Å². The van der Waals surface area contributed by atoms with Crippen molar-refractivity contribution in [1.82, 2.24) is 4.57 Å². The molecule has 0 spiro atoms. The summed E-state index contributed by atoms with van der Waals surface area (Å²) < 4.78 is 43.0. The Morgan fingerprint density at radius 1 is 1.06 bits per heavy atom. The summed E-state index contributed by atoms with van der Waals surface area (Å²) in [5.74, 6) is -0.992. The van der Waals surface area contributed by atoms with Crippen molar-refractivity contribution in [3.8, 4) is 0 Å². The molecule has 4 rings (SSSR count). The fourth-order valence-corrected chi connectivity index (χ4v) is 5.60. The molecule has 4 aromatic rings. The normalized spacial score (nSPS) is 12.3. The summed E-state index contributed by atoms with van der Waals surface area (Å²) in [5, 5.41) is 0.595. The maximum Gasteiger partial charge on any atom is 0.279 e. The van der Waals surface area contributed by atoms with E-state index in [0.29, 0.717) is 15.4 Å². The standard InChI is InChI=1S/C22H17ClFN3O3S2/c1-13-3-12-18(23)20-19(13)27(2)22(31-20)25-21(28)14-4-8-16(9-5-14)26-32(29,30)17-10-6-15(24)7-11-17/h3-12,26H,1-2H3. The molecule has 1 amide bonds. The quantitative estimate of drug-likeness (QED) is 0.443. The maximum absolute atomic E-state index is 13.0. The van der Waals surface area contributed by atoms with Gasteiger partial charge in [-0.25, -0.2) is 12.8 Å². The lowest BCUT2D eigenvalue weighted by atomic mass is 10.2. The number of halogens is 2. The Morgan fingerprint density at radius 3 is 2.34 bits per heavy atom. The summed E-state index contributed by atoms with van der Waals surface area (Å²) in [4.78, 5) is 17.3. The fraction of sp³-hybridized carbons (Fsp3) is 0.0909. The highest BCUT2D eigenvalue weighted by atomic mass is 35.5. The molecule has 1 aromatic heterocycles. The number of aromatic nitrogens is 1. The van der Waals surface area contributed by atoms with Crippen molar-refractivity contribution >= 4 is 54.8 Å². The highest BCUT2D eigenvalue weighted by Gasteiger charge is 2.15. The molecule has 32 heavy (non-hydrogen) atoms. The number of thiazole rings is 1. The SMILES string of the molecule is Cc1ccc(Cl)c2sc(=NC(=O)c3ccc(NS(=O)(=O)c4ccc(F)cc4)cc3)n(C)c12. The van der Waals surface area contributed by atoms with E-state index in [1.54, 1.807) is 0 Å². The summed E-state index contributed by atoms with van der Waals surface area (Å²) in [6, 6.07) is 14.1. The van der Waals surface area contributed by atoms with Crippen molar-refractivity contribution in [3.63, 3.8) is 0 Å². The lowest BCUT2D eigenvalue weighted by Crippen LogP contribution is -2.14. The number of amides is 1. The molecule has 0 unspecified atom stereocenters. The molecule has 10 heteroatoms. The summed E-state index contributed by atoms with van der Waals surface area (Å²) in [7, 11) is -2.06. The zero-order valence-corrected chi connectivity index (χ0v) is 19.4. The molecule has 164 valence electrons. The smallest absolute Gasteiger partial charge is 0.279 e. The Kier molecular flexibility index (Phi) is 5.89. The van der Waals surface area contributed by atoms with Crippen molar-refractivity contribution < 1.29 is 17.6 Å². The summed E-state index contributed by atoms with van der Waals surface area (Å²) in [6.45, 7) is 1.96. The minimum atomic E-state index is -3.88. The van der Waals surface area contributed by atoms with Gasteiger partial charge >= 0.3 is 0 Å². The molecular formula is C22H17ClFN3O3S2. The molecule has 0 saturated carbocycles. The molecule has 0 fully saturated rings. The van der Waals surface area contributed by atoms with E-state index in [2.05, 4.69) is 9.71 Å². The number of nitrogens with one attached hydrogen (secondary N) is 1. The molecular weight excluding hydrogens is 473 g/mol. The summed E-state index contributed by atoms with van der Waals surface area (Å²) in [5.41, 5.74) is 2.50. The van der Waals surface area contributed by atoms with Crippen LogP contribution in [0.3, 0.4) is 0 Å². The molecule has 0 aliphatic heterocycles. The summed E-state index contributed by atoms with van der Waals surface area (Å²) in [6.07, 6.45) is 0. The third kappa shape index (κ3) is 4.32. The third-order valence-electron chi connectivity index (χ3n) is 4.81. The van der Waals surface area contributed by atoms with Crippen LogP contribution in [0.4, 0.5) is 10.1 Å². The molecule has 0 atom stereocenters. The second-order valence-corrected chi connectivity index (χ2v) is 10.1. The van der Waals surface area contributed by atoms with Gasteiger partial charge in [-0.15, -0.1) is 0 Å². The lowest BCUT2D eigenvalue weighted by Gasteiger charge is -2.08. The molecule has 3 aromatic carbocycles. The lowest BCUT2D eigenvalue weighted by molar-refractivity contribution is 0.0998. The molecule has 6 nitrogen and oxygen atoms in total. The van der Waals surface area contributed by atoms with E-state index in [4.69, 9.17) is 11.6 Å². The number of benzene rings is 3. The Balaban J connectivity index is 1.60. The van der Waals surface area contributed by atoms with Crippen molar-refractivity contribution in [2.45, 2.75) is 11.8 Å². The Morgan fingerprint density at radius 2 is 1.72 bits per heavy atom. The molecule has 1 N–H and O–H groups in total. The van der Waals surface area contributed by atoms with Gasteiger partial charge in [0.1, 0.15) is 5.82 Å². The molecule has 1 heterocycles. The number of carbonyl (C=O) groups is 1. The van der Waals surface area contributed by atoms with Gasteiger partial charge in [-0.2, -0.15) is 4.99 Å². The van der Waals surface area contributed by atoms with Gasteiger partial charge in [0.05, 0.1) is 20.1 Å². The number of hydrogen-bond acceptors (Lipinski definition) is 4. The van der Waals surface area contributed by atoms with E-state index in [1.807, 2.05) is 30.7 Å². The molecule has 0 radical (unpaired) electrons. The fourth-order valence-electron chi connectivity index (χ4n) is 3.17. The predicted octanol–water partition coefficient (Wildman–Crippen LogP) is 4.88. The Labute approximate surface area is 192 Å². The topological polar surface area (TPSA) is 80.5 Å². The van der Waals surface area contributed by atoms with E-state index in [-0.39, 0.29) is 10.6 Å². The second kappa shape index (κ2) is 8.50. The largest absolute Gasteiger partial charge is 0.319 e. The first kappa shape index (κ1) is 22.2. The summed E-state index contributed by atoms with van der Waals surface area (Å²) >= 11 is 7.61. The predicted molar refractivity (Wildman–Crippen MR) is 124 cm³/mol. The van der Waals surface area contributed by atoms with Gasteiger partial charge in [0.15, 0.2) is 4.80 Å². The minimum Gasteiger partial charge on any atom is -0.319 e. The third-order valence-corrected chi connectivity index (χ3v) is 7.80.